The van der Waals surface area contributed by atoms with Crippen LogP contribution in [0.3, 0.4) is 0 Å². The molecule has 6 nitrogen and oxygen atoms in total. The first-order valence-electron chi connectivity index (χ1n) is 10.6. The van der Waals surface area contributed by atoms with Gasteiger partial charge in [0.05, 0.1) is 6.04 Å². The number of carbonyl (C=O) groups is 2. The molecule has 0 bridgehead atoms. The van der Waals surface area contributed by atoms with Crippen molar-refractivity contribution in [2.24, 2.45) is 5.92 Å². The Morgan fingerprint density at radius 2 is 1.97 bits per heavy atom. The molecule has 2 unspecified atom stereocenters. The Kier molecular flexibility index (Phi) is 8.24. The van der Waals surface area contributed by atoms with Gasteiger partial charge in [0.15, 0.2) is 0 Å². The fraction of sp³-hybridized carbons (Fsp3) is 0.652. The van der Waals surface area contributed by atoms with Crippen LogP contribution in [0.2, 0.25) is 0 Å². The Bertz CT molecular complexity index is 735. The van der Waals surface area contributed by atoms with Crippen molar-refractivity contribution in [3.05, 3.63) is 35.6 Å². The van der Waals surface area contributed by atoms with Gasteiger partial charge < -0.3 is 14.5 Å². The van der Waals surface area contributed by atoms with Gasteiger partial charge in [0.25, 0.3) is 0 Å². The van der Waals surface area contributed by atoms with Crippen LogP contribution in [0.1, 0.15) is 46.1 Å². The lowest BCUT2D eigenvalue weighted by atomic mass is 9.96. The third-order valence-electron chi connectivity index (χ3n) is 5.38. The number of ether oxygens (including phenoxy) is 1. The third-order valence-corrected chi connectivity index (χ3v) is 5.38. The molecular formula is C23H36FN3O3. The van der Waals surface area contributed by atoms with E-state index in [0.717, 1.165) is 31.5 Å². The number of rotatable bonds is 6. The van der Waals surface area contributed by atoms with Crippen LogP contribution in [0, 0.1) is 11.7 Å². The van der Waals surface area contributed by atoms with Crippen molar-refractivity contribution in [2.75, 3.05) is 33.7 Å². The zero-order valence-electron chi connectivity index (χ0n) is 19.2. The molecule has 0 radical (unpaired) electrons. The van der Waals surface area contributed by atoms with Crippen LogP contribution in [0.4, 0.5) is 9.18 Å². The quantitative estimate of drug-likeness (QED) is 0.702. The highest BCUT2D eigenvalue weighted by molar-refractivity contribution is 5.81. The number of likely N-dealkylation sites (N-methyl/N-ethyl adjacent to an activating group) is 1. The lowest BCUT2D eigenvalue weighted by Gasteiger charge is -2.38. The maximum atomic E-state index is 13.4. The molecule has 0 aliphatic carbocycles. The van der Waals surface area contributed by atoms with Gasteiger partial charge in [0.1, 0.15) is 11.4 Å². The summed E-state index contributed by atoms with van der Waals surface area (Å²) >= 11 is 0. The number of hydrogen-bond donors (Lipinski definition) is 0. The Morgan fingerprint density at radius 3 is 2.60 bits per heavy atom. The normalized spacial score (nSPS) is 18.6. The van der Waals surface area contributed by atoms with E-state index in [-0.39, 0.29) is 23.9 Å². The fourth-order valence-electron chi connectivity index (χ4n) is 3.86. The molecule has 0 spiro atoms. The summed E-state index contributed by atoms with van der Waals surface area (Å²) in [5, 5.41) is 0. The van der Waals surface area contributed by atoms with Crippen LogP contribution in [-0.4, -0.2) is 72.1 Å². The van der Waals surface area contributed by atoms with E-state index in [1.165, 1.54) is 12.1 Å². The minimum absolute atomic E-state index is 0.0143. The van der Waals surface area contributed by atoms with Gasteiger partial charge in [-0.2, -0.15) is 0 Å². The van der Waals surface area contributed by atoms with Crippen LogP contribution in [-0.2, 0) is 16.1 Å². The average molecular weight is 422 g/mol. The summed E-state index contributed by atoms with van der Waals surface area (Å²) in [7, 11) is 3.51. The second-order valence-corrected chi connectivity index (χ2v) is 9.36. The molecule has 7 heteroatoms. The zero-order valence-corrected chi connectivity index (χ0v) is 19.2. The Hall–Kier alpha value is -2.15. The monoisotopic (exact) mass is 421 g/mol. The SMILES string of the molecule is CC(C(=O)N(C)Cc1cccc(F)c1)N1CCCC(CN(C)C(=O)OC(C)(C)C)C1. The molecule has 0 saturated carbocycles. The van der Waals surface area contributed by atoms with Crippen LogP contribution in [0.25, 0.3) is 0 Å². The molecule has 1 heterocycles. The molecule has 1 aliphatic heterocycles. The lowest BCUT2D eigenvalue weighted by molar-refractivity contribution is -0.136. The molecule has 2 amide bonds. The summed E-state index contributed by atoms with van der Waals surface area (Å²) < 4.78 is 18.9. The van der Waals surface area contributed by atoms with Gasteiger partial charge in [-0.25, -0.2) is 9.18 Å². The molecule has 0 aromatic heterocycles. The largest absolute Gasteiger partial charge is 0.444 e. The van der Waals surface area contributed by atoms with E-state index in [1.54, 1.807) is 30.0 Å². The number of carbonyl (C=O) groups excluding carboxylic acids is 2. The first-order valence-corrected chi connectivity index (χ1v) is 10.6. The van der Waals surface area contributed by atoms with Gasteiger partial charge >= 0.3 is 6.09 Å². The minimum atomic E-state index is -0.517. The zero-order chi connectivity index (χ0) is 22.5. The highest BCUT2D eigenvalue weighted by atomic mass is 19.1. The van der Waals surface area contributed by atoms with Crippen molar-refractivity contribution < 1.29 is 18.7 Å². The number of likely N-dealkylation sites (tertiary alicyclic amines) is 1. The number of amides is 2. The third kappa shape index (κ3) is 7.27. The summed E-state index contributed by atoms with van der Waals surface area (Å²) in [5.74, 6) is 0.00910. The number of nitrogens with zero attached hydrogens (tertiary/aromatic N) is 3. The molecule has 30 heavy (non-hydrogen) atoms. The predicted octanol–water partition coefficient (Wildman–Crippen LogP) is 3.75. The summed E-state index contributed by atoms with van der Waals surface area (Å²) in [4.78, 5) is 30.6. The average Bonchev–Trinajstić information content (AvgIpc) is 2.65. The summed E-state index contributed by atoms with van der Waals surface area (Å²) in [6.07, 6.45) is 1.68. The van der Waals surface area contributed by atoms with E-state index in [0.29, 0.717) is 19.0 Å². The van der Waals surface area contributed by atoms with Crippen molar-refractivity contribution in [3.8, 4) is 0 Å². The topological polar surface area (TPSA) is 53.1 Å². The van der Waals surface area contributed by atoms with Crippen LogP contribution < -0.4 is 0 Å². The molecule has 1 saturated heterocycles. The molecular weight excluding hydrogens is 385 g/mol. The summed E-state index contributed by atoms with van der Waals surface area (Å²) in [5.41, 5.74) is 0.255. The summed E-state index contributed by atoms with van der Waals surface area (Å²) in [6.45, 7) is 10.1. The molecule has 168 valence electrons. The highest BCUT2D eigenvalue weighted by Crippen LogP contribution is 2.21. The Morgan fingerprint density at radius 1 is 1.27 bits per heavy atom. The van der Waals surface area contributed by atoms with Crippen molar-refractivity contribution in [2.45, 2.75) is 58.7 Å². The van der Waals surface area contributed by atoms with E-state index in [4.69, 9.17) is 4.74 Å². The number of piperidine rings is 1. The van der Waals surface area contributed by atoms with E-state index in [2.05, 4.69) is 4.90 Å². The van der Waals surface area contributed by atoms with Gasteiger partial charge in [0, 0.05) is 33.7 Å². The van der Waals surface area contributed by atoms with Gasteiger partial charge in [-0.3, -0.25) is 9.69 Å². The maximum absolute atomic E-state index is 13.4. The minimum Gasteiger partial charge on any atom is -0.444 e. The molecule has 1 aliphatic rings. The lowest BCUT2D eigenvalue weighted by Crippen LogP contribution is -2.51. The van der Waals surface area contributed by atoms with Gasteiger partial charge in [-0.1, -0.05) is 12.1 Å². The van der Waals surface area contributed by atoms with E-state index in [1.807, 2.05) is 33.8 Å². The molecule has 0 N–H and O–H groups in total. The van der Waals surface area contributed by atoms with E-state index in [9.17, 15) is 14.0 Å². The first-order chi connectivity index (χ1) is 14.0. The second kappa shape index (κ2) is 10.2. The number of halogens is 1. The van der Waals surface area contributed by atoms with Crippen molar-refractivity contribution in [1.82, 2.24) is 14.7 Å². The van der Waals surface area contributed by atoms with Crippen molar-refractivity contribution in [1.29, 1.82) is 0 Å². The first kappa shape index (κ1) is 24.1. The molecule has 1 aromatic rings. The van der Waals surface area contributed by atoms with Gasteiger partial charge in [-0.05, 0) is 70.7 Å². The Balaban J connectivity index is 1.90. The van der Waals surface area contributed by atoms with E-state index < -0.39 is 5.60 Å². The Labute approximate surface area is 180 Å². The van der Waals surface area contributed by atoms with Gasteiger partial charge in [-0.15, -0.1) is 0 Å². The fourth-order valence-corrected chi connectivity index (χ4v) is 3.86. The van der Waals surface area contributed by atoms with Crippen molar-refractivity contribution in [3.63, 3.8) is 0 Å². The molecule has 2 rings (SSSR count). The van der Waals surface area contributed by atoms with Crippen LogP contribution >= 0.6 is 0 Å². The van der Waals surface area contributed by atoms with E-state index >= 15 is 0 Å². The molecule has 1 aromatic carbocycles. The smallest absolute Gasteiger partial charge is 0.410 e. The molecule has 1 fully saturated rings. The van der Waals surface area contributed by atoms with Crippen LogP contribution in [0.15, 0.2) is 24.3 Å². The van der Waals surface area contributed by atoms with Crippen molar-refractivity contribution >= 4 is 12.0 Å². The maximum Gasteiger partial charge on any atom is 0.410 e. The standard InChI is InChI=1S/C23H36FN3O3/c1-17(21(28)25(5)14-18-9-7-11-20(24)13-18)27-12-8-10-19(16-27)15-26(6)22(29)30-23(2,3)4/h7,9,11,13,17,19H,8,10,12,14-16H2,1-6H3. The number of hydrogen-bond acceptors (Lipinski definition) is 4. The molecule has 2 atom stereocenters. The number of benzene rings is 1. The van der Waals surface area contributed by atoms with Gasteiger partial charge in [0.2, 0.25) is 5.91 Å². The van der Waals surface area contributed by atoms with Crippen LogP contribution in [0.5, 0.6) is 0 Å². The highest BCUT2D eigenvalue weighted by Gasteiger charge is 2.30. The summed E-state index contributed by atoms with van der Waals surface area (Å²) in [6, 6.07) is 6.07. The second-order valence-electron chi connectivity index (χ2n) is 9.36. The predicted molar refractivity (Wildman–Crippen MR) is 115 cm³/mol.